The van der Waals surface area contributed by atoms with Gasteiger partial charge in [0.05, 0.1) is 16.1 Å². The van der Waals surface area contributed by atoms with Crippen LogP contribution in [0.3, 0.4) is 0 Å². The lowest BCUT2D eigenvalue weighted by atomic mass is 10.2. The van der Waals surface area contributed by atoms with Crippen molar-refractivity contribution in [1.29, 1.82) is 0 Å². The van der Waals surface area contributed by atoms with E-state index >= 15 is 0 Å². The Morgan fingerprint density at radius 2 is 1.76 bits per heavy atom. The first-order chi connectivity index (χ1) is 8.16. The Labute approximate surface area is 111 Å². The van der Waals surface area contributed by atoms with Gasteiger partial charge in [-0.1, -0.05) is 30.3 Å². The smallest absolute Gasteiger partial charge is 0.156 e. The van der Waals surface area contributed by atoms with E-state index in [0.717, 1.165) is 17.1 Å². The Kier molecular flexibility index (Phi) is 4.82. The molecule has 1 aliphatic rings. The van der Waals surface area contributed by atoms with E-state index in [1.165, 1.54) is 6.42 Å². The van der Waals surface area contributed by atoms with Crippen LogP contribution in [0.5, 0.6) is 0 Å². The van der Waals surface area contributed by atoms with Crippen molar-refractivity contribution in [3.05, 3.63) is 35.9 Å². The summed E-state index contributed by atoms with van der Waals surface area (Å²) in [6.07, 6.45) is 1.20. The SMILES string of the molecule is O=S(=O)(Cc1ccccc1)CC1SCCCS1. The van der Waals surface area contributed by atoms with Crippen molar-refractivity contribution in [3.63, 3.8) is 0 Å². The van der Waals surface area contributed by atoms with Crippen LogP contribution in [0.15, 0.2) is 30.3 Å². The fourth-order valence-corrected chi connectivity index (χ4v) is 7.27. The maximum atomic E-state index is 12.0. The molecule has 0 radical (unpaired) electrons. The molecule has 0 aliphatic carbocycles. The van der Waals surface area contributed by atoms with Crippen LogP contribution in [0.25, 0.3) is 0 Å². The van der Waals surface area contributed by atoms with Crippen molar-refractivity contribution < 1.29 is 8.42 Å². The maximum absolute atomic E-state index is 12.0. The summed E-state index contributed by atoms with van der Waals surface area (Å²) in [5.74, 6) is 2.67. The van der Waals surface area contributed by atoms with Gasteiger partial charge in [-0.25, -0.2) is 8.42 Å². The lowest BCUT2D eigenvalue weighted by Gasteiger charge is -2.20. The molecule has 0 bridgehead atoms. The summed E-state index contributed by atoms with van der Waals surface area (Å²) in [6, 6.07) is 9.42. The first kappa shape index (κ1) is 13.3. The van der Waals surface area contributed by atoms with Crippen LogP contribution in [0.1, 0.15) is 12.0 Å². The summed E-state index contributed by atoms with van der Waals surface area (Å²) in [6.45, 7) is 0. The molecule has 94 valence electrons. The number of hydrogen-bond acceptors (Lipinski definition) is 4. The Bertz CT molecular complexity index is 436. The Morgan fingerprint density at radius 3 is 2.41 bits per heavy atom. The highest BCUT2D eigenvalue weighted by Crippen LogP contribution is 2.31. The van der Waals surface area contributed by atoms with E-state index in [1.54, 1.807) is 23.5 Å². The minimum Gasteiger partial charge on any atom is -0.228 e. The van der Waals surface area contributed by atoms with Gasteiger partial charge < -0.3 is 0 Å². The van der Waals surface area contributed by atoms with Gasteiger partial charge in [0.1, 0.15) is 0 Å². The quantitative estimate of drug-likeness (QED) is 0.853. The summed E-state index contributed by atoms with van der Waals surface area (Å²) in [5, 5.41) is 0. The molecule has 0 aromatic heterocycles. The van der Waals surface area contributed by atoms with Crippen LogP contribution >= 0.6 is 23.5 Å². The zero-order valence-corrected chi connectivity index (χ0v) is 12.0. The van der Waals surface area contributed by atoms with Crippen LogP contribution in [0.4, 0.5) is 0 Å². The third kappa shape index (κ3) is 4.56. The second-order valence-corrected chi connectivity index (χ2v) is 9.09. The molecule has 1 aromatic rings. The van der Waals surface area contributed by atoms with E-state index in [-0.39, 0.29) is 10.3 Å². The van der Waals surface area contributed by atoms with Gasteiger partial charge in [-0.05, 0) is 23.5 Å². The summed E-state index contributed by atoms with van der Waals surface area (Å²) >= 11 is 3.57. The molecule has 0 unspecified atom stereocenters. The molecule has 1 heterocycles. The molecule has 1 fully saturated rings. The summed E-state index contributed by atoms with van der Waals surface area (Å²) in [4.78, 5) is 0. The van der Waals surface area contributed by atoms with Gasteiger partial charge in [0, 0.05) is 0 Å². The molecule has 2 nitrogen and oxygen atoms in total. The average molecular weight is 288 g/mol. The first-order valence-corrected chi connectivity index (χ1v) is 9.55. The Morgan fingerprint density at radius 1 is 1.12 bits per heavy atom. The van der Waals surface area contributed by atoms with Gasteiger partial charge in [-0.3, -0.25) is 0 Å². The molecule has 1 saturated heterocycles. The zero-order valence-electron chi connectivity index (χ0n) is 9.54. The predicted octanol–water partition coefficient (Wildman–Crippen LogP) is 2.80. The van der Waals surface area contributed by atoms with Crippen LogP contribution in [0.2, 0.25) is 0 Å². The fourth-order valence-electron chi connectivity index (χ4n) is 1.73. The Balaban J connectivity index is 1.94. The van der Waals surface area contributed by atoms with Gasteiger partial charge >= 0.3 is 0 Å². The van der Waals surface area contributed by atoms with Gasteiger partial charge in [0.25, 0.3) is 0 Å². The Hall–Kier alpha value is -0.130. The van der Waals surface area contributed by atoms with Crippen molar-refractivity contribution in [3.8, 4) is 0 Å². The molecular weight excluding hydrogens is 272 g/mol. The molecule has 2 rings (SSSR count). The number of thioether (sulfide) groups is 2. The first-order valence-electron chi connectivity index (χ1n) is 5.63. The van der Waals surface area contributed by atoms with E-state index in [2.05, 4.69) is 0 Å². The summed E-state index contributed by atoms with van der Waals surface area (Å²) in [7, 11) is -2.98. The van der Waals surface area contributed by atoms with E-state index < -0.39 is 9.84 Å². The number of benzene rings is 1. The zero-order chi connectivity index (χ0) is 12.1. The van der Waals surface area contributed by atoms with E-state index in [4.69, 9.17) is 0 Å². The molecule has 0 saturated carbocycles. The average Bonchev–Trinajstić information content (AvgIpc) is 2.30. The van der Waals surface area contributed by atoms with Gasteiger partial charge in [0.15, 0.2) is 9.84 Å². The minimum absolute atomic E-state index is 0.172. The van der Waals surface area contributed by atoms with Crippen molar-refractivity contribution in [2.75, 3.05) is 17.3 Å². The van der Waals surface area contributed by atoms with Crippen molar-refractivity contribution >= 4 is 33.4 Å². The lowest BCUT2D eigenvalue weighted by Crippen LogP contribution is -2.20. The lowest BCUT2D eigenvalue weighted by molar-refractivity contribution is 0.596. The number of hydrogen-bond donors (Lipinski definition) is 0. The molecule has 1 aromatic carbocycles. The minimum atomic E-state index is -2.98. The second-order valence-electron chi connectivity index (χ2n) is 4.06. The van der Waals surface area contributed by atoms with Crippen molar-refractivity contribution in [1.82, 2.24) is 0 Å². The highest BCUT2D eigenvalue weighted by molar-refractivity contribution is 8.18. The third-order valence-electron chi connectivity index (χ3n) is 2.52. The molecule has 0 amide bonds. The van der Waals surface area contributed by atoms with Crippen molar-refractivity contribution in [2.24, 2.45) is 0 Å². The molecule has 17 heavy (non-hydrogen) atoms. The van der Waals surface area contributed by atoms with Gasteiger partial charge in [-0.2, -0.15) is 0 Å². The molecular formula is C12H16O2S3. The standard InChI is InChI=1S/C12H16O2S3/c13-17(14,9-11-5-2-1-3-6-11)10-12-15-7-4-8-16-12/h1-3,5-6,12H,4,7-10H2. The van der Waals surface area contributed by atoms with Crippen LogP contribution in [-0.2, 0) is 15.6 Å². The van der Waals surface area contributed by atoms with Crippen LogP contribution in [0, 0.1) is 0 Å². The van der Waals surface area contributed by atoms with Crippen LogP contribution < -0.4 is 0 Å². The van der Waals surface area contributed by atoms with Crippen LogP contribution in [-0.4, -0.2) is 30.3 Å². The topological polar surface area (TPSA) is 34.1 Å². The molecule has 0 N–H and O–H groups in total. The predicted molar refractivity (Wildman–Crippen MR) is 77.3 cm³/mol. The third-order valence-corrected chi connectivity index (χ3v) is 7.49. The second kappa shape index (κ2) is 6.16. The van der Waals surface area contributed by atoms with Gasteiger partial charge in [0.2, 0.25) is 0 Å². The highest BCUT2D eigenvalue weighted by Gasteiger charge is 2.22. The monoisotopic (exact) mass is 288 g/mol. The summed E-state index contributed by atoms with van der Waals surface area (Å²) < 4.78 is 24.3. The van der Waals surface area contributed by atoms with E-state index in [0.29, 0.717) is 5.75 Å². The fraction of sp³-hybridized carbons (Fsp3) is 0.500. The van der Waals surface area contributed by atoms with E-state index in [9.17, 15) is 8.42 Å². The molecule has 0 atom stereocenters. The number of sulfone groups is 1. The van der Waals surface area contributed by atoms with Gasteiger partial charge in [-0.15, -0.1) is 23.5 Å². The molecule has 5 heteroatoms. The largest absolute Gasteiger partial charge is 0.228 e. The number of rotatable bonds is 4. The molecule has 1 aliphatic heterocycles. The molecule has 0 spiro atoms. The maximum Gasteiger partial charge on any atom is 0.156 e. The highest BCUT2D eigenvalue weighted by atomic mass is 32.2. The summed E-state index contributed by atoms with van der Waals surface area (Å²) in [5.41, 5.74) is 0.887. The normalized spacial score (nSPS) is 18.1. The van der Waals surface area contributed by atoms with Crippen molar-refractivity contribution in [2.45, 2.75) is 16.8 Å². The van der Waals surface area contributed by atoms with E-state index in [1.807, 2.05) is 30.3 Å².